The lowest BCUT2D eigenvalue weighted by molar-refractivity contribution is 0.0908. The molecule has 4 nitrogen and oxygen atoms in total. The van der Waals surface area contributed by atoms with Gasteiger partial charge >= 0.3 is 0 Å². The van der Waals surface area contributed by atoms with E-state index in [4.69, 9.17) is 10.5 Å². The van der Waals surface area contributed by atoms with Gasteiger partial charge in [-0.25, -0.2) is 0 Å². The van der Waals surface area contributed by atoms with Gasteiger partial charge in [-0.15, -0.1) is 0 Å². The molecule has 0 aliphatic carbocycles. The van der Waals surface area contributed by atoms with Crippen LogP contribution in [0.25, 0.3) is 0 Å². The van der Waals surface area contributed by atoms with Crippen LogP contribution >= 0.6 is 0 Å². The Bertz CT molecular complexity index is 159. The molecule has 0 radical (unpaired) electrons. The Hall–Kier alpha value is -0.160. The second-order valence-corrected chi connectivity index (χ2v) is 4.20. The quantitative estimate of drug-likeness (QED) is 0.689. The van der Waals surface area contributed by atoms with E-state index in [-0.39, 0.29) is 18.7 Å². The maximum Gasteiger partial charge on any atom is 0.0601 e. The Kier molecular flexibility index (Phi) is 6.17. The second-order valence-electron chi connectivity index (χ2n) is 4.20. The topological polar surface area (TPSA) is 58.7 Å². The van der Waals surface area contributed by atoms with E-state index in [0.29, 0.717) is 0 Å². The summed E-state index contributed by atoms with van der Waals surface area (Å²) in [6, 6.07) is 0.185. The number of ether oxygens (including phenoxy) is 1. The van der Waals surface area contributed by atoms with Gasteiger partial charge in [0.05, 0.1) is 13.2 Å². The number of hydrogen-bond acceptors (Lipinski definition) is 4. The highest BCUT2D eigenvalue weighted by atomic mass is 16.5. The van der Waals surface area contributed by atoms with Crippen molar-refractivity contribution in [1.29, 1.82) is 0 Å². The van der Waals surface area contributed by atoms with Crippen LogP contribution in [-0.2, 0) is 4.74 Å². The zero-order valence-corrected chi connectivity index (χ0v) is 9.69. The minimum Gasteiger partial charge on any atom is -0.395 e. The summed E-state index contributed by atoms with van der Waals surface area (Å²) in [4.78, 5) is 2.27. The van der Waals surface area contributed by atoms with Gasteiger partial charge in [0.1, 0.15) is 0 Å². The summed E-state index contributed by atoms with van der Waals surface area (Å²) in [6.07, 6.45) is 3.08. The highest BCUT2D eigenvalue weighted by molar-refractivity contribution is 4.82. The Balaban J connectivity index is 2.47. The van der Waals surface area contributed by atoms with E-state index in [1.54, 1.807) is 0 Å². The molecule has 0 aromatic carbocycles. The van der Waals surface area contributed by atoms with E-state index in [1.165, 1.54) is 0 Å². The number of aliphatic hydroxyl groups is 1. The zero-order chi connectivity index (χ0) is 11.1. The minimum atomic E-state index is 0.0816. The lowest BCUT2D eigenvalue weighted by Crippen LogP contribution is -2.50. The van der Waals surface area contributed by atoms with Gasteiger partial charge in [0.15, 0.2) is 0 Å². The van der Waals surface area contributed by atoms with Gasteiger partial charge in [0.2, 0.25) is 0 Å². The summed E-state index contributed by atoms with van der Waals surface area (Å²) in [5.74, 6) is 0. The third kappa shape index (κ3) is 4.07. The van der Waals surface area contributed by atoms with Gasteiger partial charge < -0.3 is 15.6 Å². The van der Waals surface area contributed by atoms with Gasteiger partial charge in [-0.2, -0.15) is 0 Å². The van der Waals surface area contributed by atoms with Gasteiger partial charge in [-0.1, -0.05) is 13.3 Å². The normalized spacial score (nSPS) is 23.4. The van der Waals surface area contributed by atoms with Crippen molar-refractivity contribution in [3.05, 3.63) is 0 Å². The molecule has 4 heteroatoms. The van der Waals surface area contributed by atoms with E-state index in [2.05, 4.69) is 11.8 Å². The van der Waals surface area contributed by atoms with Crippen LogP contribution in [0.2, 0.25) is 0 Å². The first-order valence-electron chi connectivity index (χ1n) is 5.97. The van der Waals surface area contributed by atoms with Crippen molar-refractivity contribution >= 4 is 0 Å². The fraction of sp³-hybridized carbons (Fsp3) is 1.00. The number of nitrogens with two attached hydrogens (primary N) is 1. The van der Waals surface area contributed by atoms with Gasteiger partial charge in [-0.05, 0) is 12.8 Å². The summed E-state index contributed by atoms with van der Waals surface area (Å²) in [5, 5.41) is 9.40. The Morgan fingerprint density at radius 3 is 2.87 bits per heavy atom. The van der Waals surface area contributed by atoms with Crippen molar-refractivity contribution in [2.75, 3.05) is 32.9 Å². The van der Waals surface area contributed by atoms with E-state index >= 15 is 0 Å². The van der Waals surface area contributed by atoms with E-state index in [9.17, 15) is 5.11 Å². The molecule has 1 heterocycles. The van der Waals surface area contributed by atoms with Crippen LogP contribution in [0.4, 0.5) is 0 Å². The average molecular weight is 216 g/mol. The van der Waals surface area contributed by atoms with E-state index in [0.717, 1.165) is 45.6 Å². The smallest absolute Gasteiger partial charge is 0.0601 e. The van der Waals surface area contributed by atoms with Crippen molar-refractivity contribution in [2.24, 2.45) is 5.73 Å². The van der Waals surface area contributed by atoms with Crippen molar-refractivity contribution in [2.45, 2.75) is 38.3 Å². The standard InChI is InChI=1S/C11H24N2O2/c1-2-4-10(12)11(9-14)13-5-3-7-15-8-6-13/h10-11,14H,2-9,12H2,1H3. The summed E-state index contributed by atoms with van der Waals surface area (Å²) in [7, 11) is 0. The van der Waals surface area contributed by atoms with Crippen LogP contribution in [0.15, 0.2) is 0 Å². The highest BCUT2D eigenvalue weighted by Crippen LogP contribution is 2.10. The lowest BCUT2D eigenvalue weighted by atomic mass is 10.0. The van der Waals surface area contributed by atoms with Crippen LogP contribution in [0.5, 0.6) is 0 Å². The molecule has 1 aliphatic rings. The van der Waals surface area contributed by atoms with Crippen molar-refractivity contribution < 1.29 is 9.84 Å². The molecule has 90 valence electrons. The Morgan fingerprint density at radius 1 is 1.40 bits per heavy atom. The average Bonchev–Trinajstić information content (AvgIpc) is 2.48. The first-order valence-corrected chi connectivity index (χ1v) is 5.97. The molecule has 3 N–H and O–H groups in total. The molecular weight excluding hydrogens is 192 g/mol. The van der Waals surface area contributed by atoms with Crippen LogP contribution in [0, 0.1) is 0 Å². The summed E-state index contributed by atoms with van der Waals surface area (Å²) >= 11 is 0. The molecule has 0 aromatic rings. The van der Waals surface area contributed by atoms with Crippen LogP contribution in [-0.4, -0.2) is 55.0 Å². The van der Waals surface area contributed by atoms with E-state index in [1.807, 2.05) is 0 Å². The largest absolute Gasteiger partial charge is 0.395 e. The van der Waals surface area contributed by atoms with Crippen molar-refractivity contribution in [3.8, 4) is 0 Å². The molecule has 2 atom stereocenters. The van der Waals surface area contributed by atoms with Crippen LogP contribution < -0.4 is 5.73 Å². The van der Waals surface area contributed by atoms with E-state index < -0.39 is 0 Å². The zero-order valence-electron chi connectivity index (χ0n) is 9.69. The second kappa shape index (κ2) is 7.17. The Morgan fingerprint density at radius 2 is 2.20 bits per heavy atom. The van der Waals surface area contributed by atoms with Gasteiger partial charge in [0.25, 0.3) is 0 Å². The summed E-state index contributed by atoms with van der Waals surface area (Å²) in [5.41, 5.74) is 6.08. The van der Waals surface area contributed by atoms with Crippen LogP contribution in [0.1, 0.15) is 26.2 Å². The molecular formula is C11H24N2O2. The number of hydrogen-bond donors (Lipinski definition) is 2. The monoisotopic (exact) mass is 216 g/mol. The molecule has 1 rings (SSSR count). The highest BCUT2D eigenvalue weighted by Gasteiger charge is 2.24. The molecule has 1 aliphatic heterocycles. The third-order valence-corrected chi connectivity index (χ3v) is 3.03. The molecule has 15 heavy (non-hydrogen) atoms. The third-order valence-electron chi connectivity index (χ3n) is 3.03. The SMILES string of the molecule is CCCC(N)C(CO)N1CCCOCC1. The molecule has 0 bridgehead atoms. The van der Waals surface area contributed by atoms with Crippen LogP contribution in [0.3, 0.4) is 0 Å². The predicted octanol–water partition coefficient (Wildman–Crippen LogP) is 0.197. The first kappa shape index (κ1) is 12.9. The Labute approximate surface area is 92.4 Å². The summed E-state index contributed by atoms with van der Waals surface area (Å²) < 4.78 is 5.39. The molecule has 2 unspecified atom stereocenters. The van der Waals surface area contributed by atoms with Crippen molar-refractivity contribution in [1.82, 2.24) is 4.90 Å². The fourth-order valence-electron chi connectivity index (χ4n) is 2.14. The molecule has 0 aromatic heterocycles. The number of aliphatic hydroxyl groups excluding tert-OH is 1. The fourth-order valence-corrected chi connectivity index (χ4v) is 2.14. The number of rotatable bonds is 5. The maximum absolute atomic E-state index is 9.40. The predicted molar refractivity (Wildman–Crippen MR) is 60.8 cm³/mol. The molecule has 1 saturated heterocycles. The van der Waals surface area contributed by atoms with Gasteiger partial charge in [-0.3, -0.25) is 4.90 Å². The minimum absolute atomic E-state index is 0.0816. The number of nitrogens with zero attached hydrogens (tertiary/aromatic N) is 1. The summed E-state index contributed by atoms with van der Waals surface area (Å²) in [6.45, 7) is 5.75. The van der Waals surface area contributed by atoms with Crippen molar-refractivity contribution in [3.63, 3.8) is 0 Å². The molecule has 1 fully saturated rings. The molecule has 0 spiro atoms. The molecule has 0 saturated carbocycles. The first-order chi connectivity index (χ1) is 7.29. The van der Waals surface area contributed by atoms with Gasteiger partial charge in [0, 0.05) is 31.8 Å². The molecule has 0 amide bonds. The maximum atomic E-state index is 9.40. The lowest BCUT2D eigenvalue weighted by Gasteiger charge is -2.33.